The van der Waals surface area contributed by atoms with Crippen molar-refractivity contribution in [2.75, 3.05) is 25.1 Å². The molecule has 0 fully saturated rings. The van der Waals surface area contributed by atoms with Gasteiger partial charge in [-0.25, -0.2) is 13.8 Å². The van der Waals surface area contributed by atoms with Gasteiger partial charge in [0.1, 0.15) is 24.0 Å². The first kappa shape index (κ1) is 23.8. The van der Waals surface area contributed by atoms with E-state index < -0.39 is 11.6 Å². The van der Waals surface area contributed by atoms with E-state index in [2.05, 4.69) is 21.8 Å². The lowest BCUT2D eigenvalue weighted by Gasteiger charge is -2.32. The normalized spacial score (nSPS) is 13.8. The van der Waals surface area contributed by atoms with Crippen molar-refractivity contribution in [3.63, 3.8) is 0 Å². The number of guanidine groups is 1. The highest BCUT2D eigenvalue weighted by atomic mass is 127. The van der Waals surface area contributed by atoms with Crippen molar-refractivity contribution < 1.29 is 8.78 Å². The monoisotopic (exact) mass is 536 g/mol. The van der Waals surface area contributed by atoms with Crippen molar-refractivity contribution in [1.82, 2.24) is 25.0 Å². The van der Waals surface area contributed by atoms with Crippen LogP contribution in [0.1, 0.15) is 29.2 Å². The summed E-state index contributed by atoms with van der Waals surface area (Å²) in [6.07, 6.45) is 3.61. The Morgan fingerprint density at radius 3 is 2.79 bits per heavy atom. The molecule has 0 saturated heterocycles. The second-order valence-corrected chi connectivity index (χ2v) is 7.82. The van der Waals surface area contributed by atoms with E-state index in [1.54, 1.807) is 11.8 Å². The Bertz CT molecular complexity index is 857. The SMILES string of the molecule is CSCCCNC(=NCc1nnc(C)n1C)N1CCc2c(F)cc(F)cc2C1.I. The molecule has 6 nitrogen and oxygen atoms in total. The van der Waals surface area contributed by atoms with Crippen LogP contribution in [0.15, 0.2) is 17.1 Å². The highest BCUT2D eigenvalue weighted by Crippen LogP contribution is 2.23. The Kier molecular flexibility index (Phi) is 9.12. The number of halogens is 3. The molecule has 2 heterocycles. The summed E-state index contributed by atoms with van der Waals surface area (Å²) < 4.78 is 29.6. The van der Waals surface area contributed by atoms with Crippen LogP contribution in [-0.2, 0) is 26.6 Å². The van der Waals surface area contributed by atoms with Gasteiger partial charge >= 0.3 is 0 Å². The van der Waals surface area contributed by atoms with Crippen molar-refractivity contribution in [1.29, 1.82) is 0 Å². The van der Waals surface area contributed by atoms with E-state index in [-0.39, 0.29) is 24.0 Å². The number of hydrogen-bond donors (Lipinski definition) is 1. The zero-order chi connectivity index (χ0) is 20.1. The van der Waals surface area contributed by atoms with Crippen LogP contribution >= 0.6 is 35.7 Å². The summed E-state index contributed by atoms with van der Waals surface area (Å²) in [6.45, 7) is 4.13. The third-order valence-electron chi connectivity index (χ3n) is 4.91. The van der Waals surface area contributed by atoms with Crippen LogP contribution in [0.25, 0.3) is 0 Å². The number of aryl methyl sites for hydroxylation is 1. The van der Waals surface area contributed by atoms with Crippen LogP contribution in [-0.4, -0.2) is 50.7 Å². The van der Waals surface area contributed by atoms with Crippen LogP contribution in [0.5, 0.6) is 0 Å². The summed E-state index contributed by atoms with van der Waals surface area (Å²) in [4.78, 5) is 6.77. The largest absolute Gasteiger partial charge is 0.356 e. The lowest BCUT2D eigenvalue weighted by Crippen LogP contribution is -2.44. The molecule has 0 bridgehead atoms. The predicted octanol–water partition coefficient (Wildman–Crippen LogP) is 3.28. The fourth-order valence-corrected chi connectivity index (χ4v) is 3.64. The molecule has 1 aliphatic rings. The highest BCUT2D eigenvalue weighted by molar-refractivity contribution is 14.0. The summed E-state index contributed by atoms with van der Waals surface area (Å²) in [5.74, 6) is 2.39. The number of hydrogen-bond acceptors (Lipinski definition) is 4. The van der Waals surface area contributed by atoms with E-state index in [1.165, 1.54) is 6.07 Å². The lowest BCUT2D eigenvalue weighted by atomic mass is 9.99. The summed E-state index contributed by atoms with van der Waals surface area (Å²) in [7, 11) is 1.91. The standard InChI is InChI=1S/C19H26F2N6S.HI/c1-13-24-25-18(26(13)2)11-23-19(22-6-4-8-28-3)27-7-5-16-14(12-27)9-15(20)10-17(16)21;/h9-10H,4-8,11-12H2,1-3H3,(H,22,23);1H. The molecular formula is C19H27F2IN6S. The first-order chi connectivity index (χ1) is 13.5. The summed E-state index contributed by atoms with van der Waals surface area (Å²) in [5, 5.41) is 11.6. The molecule has 1 aromatic heterocycles. The molecule has 160 valence electrons. The topological polar surface area (TPSA) is 58.3 Å². The average molecular weight is 536 g/mol. The van der Waals surface area contributed by atoms with Crippen molar-refractivity contribution in [3.05, 3.63) is 46.5 Å². The second kappa shape index (κ2) is 11.1. The van der Waals surface area contributed by atoms with Gasteiger partial charge in [0.2, 0.25) is 0 Å². The van der Waals surface area contributed by atoms with Gasteiger partial charge in [-0.05, 0) is 49.0 Å². The average Bonchev–Trinajstić information content (AvgIpc) is 2.99. The van der Waals surface area contributed by atoms with E-state index in [4.69, 9.17) is 4.99 Å². The molecule has 1 aliphatic heterocycles. The van der Waals surface area contributed by atoms with Crippen molar-refractivity contribution >= 4 is 41.7 Å². The first-order valence-electron chi connectivity index (χ1n) is 9.33. The van der Waals surface area contributed by atoms with Crippen molar-refractivity contribution in [2.45, 2.75) is 32.9 Å². The van der Waals surface area contributed by atoms with Crippen molar-refractivity contribution in [2.24, 2.45) is 12.0 Å². The fourth-order valence-electron chi connectivity index (χ4n) is 3.21. The number of aromatic nitrogens is 3. The Morgan fingerprint density at radius 2 is 2.10 bits per heavy atom. The molecule has 0 aliphatic carbocycles. The number of thioether (sulfide) groups is 1. The molecule has 10 heteroatoms. The molecule has 2 aromatic rings. The van der Waals surface area contributed by atoms with Gasteiger partial charge in [0.05, 0.1) is 0 Å². The number of rotatable bonds is 6. The minimum atomic E-state index is -0.543. The predicted molar refractivity (Wildman–Crippen MR) is 124 cm³/mol. The van der Waals surface area contributed by atoms with E-state index in [0.29, 0.717) is 37.2 Å². The summed E-state index contributed by atoms with van der Waals surface area (Å²) >= 11 is 1.80. The van der Waals surface area contributed by atoms with Crippen LogP contribution in [0.3, 0.4) is 0 Å². The Balaban J connectivity index is 0.00000300. The van der Waals surface area contributed by atoms with E-state index >= 15 is 0 Å². The van der Waals surface area contributed by atoms with Gasteiger partial charge in [0, 0.05) is 32.7 Å². The summed E-state index contributed by atoms with van der Waals surface area (Å²) in [5.41, 5.74) is 1.28. The van der Waals surface area contributed by atoms with Gasteiger partial charge in [0.25, 0.3) is 0 Å². The molecule has 0 amide bonds. The maximum absolute atomic E-state index is 14.0. The van der Waals surface area contributed by atoms with E-state index in [1.807, 2.05) is 23.4 Å². The number of fused-ring (bicyclic) bond motifs is 1. The highest BCUT2D eigenvalue weighted by Gasteiger charge is 2.22. The maximum Gasteiger partial charge on any atom is 0.194 e. The zero-order valence-corrected chi connectivity index (χ0v) is 20.1. The van der Waals surface area contributed by atoms with Gasteiger partial charge in [-0.3, -0.25) is 0 Å². The number of nitrogens with zero attached hydrogens (tertiary/aromatic N) is 5. The minimum Gasteiger partial charge on any atom is -0.356 e. The third-order valence-corrected chi connectivity index (χ3v) is 5.60. The molecule has 29 heavy (non-hydrogen) atoms. The lowest BCUT2D eigenvalue weighted by molar-refractivity contribution is 0.369. The third kappa shape index (κ3) is 6.03. The van der Waals surface area contributed by atoms with Gasteiger partial charge in [-0.15, -0.1) is 34.2 Å². The summed E-state index contributed by atoms with van der Waals surface area (Å²) in [6, 6.07) is 2.38. The number of nitrogens with one attached hydrogen (secondary N) is 1. The maximum atomic E-state index is 14.0. The molecule has 1 aromatic carbocycles. The molecule has 0 atom stereocenters. The molecular weight excluding hydrogens is 509 g/mol. The Morgan fingerprint density at radius 1 is 1.31 bits per heavy atom. The smallest absolute Gasteiger partial charge is 0.194 e. The van der Waals surface area contributed by atoms with Gasteiger partial charge in [0.15, 0.2) is 11.8 Å². The fraction of sp³-hybridized carbons (Fsp3) is 0.526. The molecule has 3 rings (SSSR count). The van der Waals surface area contributed by atoms with E-state index in [0.717, 1.165) is 42.4 Å². The van der Waals surface area contributed by atoms with Gasteiger partial charge < -0.3 is 14.8 Å². The Hall–Kier alpha value is -1.43. The quantitative estimate of drug-likeness (QED) is 0.266. The number of aliphatic imine (C=N–C) groups is 1. The van der Waals surface area contributed by atoms with Crippen LogP contribution < -0.4 is 5.32 Å². The van der Waals surface area contributed by atoms with Crippen LogP contribution in [0, 0.1) is 18.6 Å². The van der Waals surface area contributed by atoms with Gasteiger partial charge in [-0.2, -0.15) is 11.8 Å². The molecule has 1 N–H and O–H groups in total. The molecule has 0 unspecified atom stereocenters. The molecule has 0 radical (unpaired) electrons. The van der Waals surface area contributed by atoms with Crippen LogP contribution in [0.2, 0.25) is 0 Å². The van der Waals surface area contributed by atoms with Gasteiger partial charge in [-0.1, -0.05) is 0 Å². The Labute approximate surface area is 191 Å². The second-order valence-electron chi connectivity index (χ2n) is 6.83. The minimum absolute atomic E-state index is 0. The molecule has 0 saturated carbocycles. The zero-order valence-electron chi connectivity index (χ0n) is 16.9. The van der Waals surface area contributed by atoms with Crippen molar-refractivity contribution in [3.8, 4) is 0 Å². The first-order valence-corrected chi connectivity index (χ1v) is 10.7. The van der Waals surface area contributed by atoms with Crippen LogP contribution in [0.4, 0.5) is 8.78 Å². The molecule has 0 spiro atoms. The van der Waals surface area contributed by atoms with E-state index in [9.17, 15) is 8.78 Å². The number of benzene rings is 1.